The maximum Gasteiger partial charge on any atom is 0.241 e. The standard InChI is InChI=1S/C18H26N2O3/c1-13(19-14-7-5-3-2-4-6-8-14)18(21)20-15-9-10-16-17(11-15)23-12-22-16/h9-11,13-14,19H,2-8,12H2,1H3,(H,20,21)/t13-/m0/s1. The number of amides is 1. The van der Waals surface area contributed by atoms with E-state index in [1.54, 1.807) is 0 Å². The normalized spacial score (nSPS) is 19.7. The fraction of sp³-hybridized carbons (Fsp3) is 0.611. The van der Waals surface area contributed by atoms with Crippen molar-refractivity contribution in [3.63, 3.8) is 0 Å². The van der Waals surface area contributed by atoms with Gasteiger partial charge in [0.05, 0.1) is 6.04 Å². The van der Waals surface area contributed by atoms with Crippen LogP contribution in [0.4, 0.5) is 5.69 Å². The van der Waals surface area contributed by atoms with Crippen LogP contribution in [0.3, 0.4) is 0 Å². The highest BCUT2D eigenvalue weighted by atomic mass is 16.7. The van der Waals surface area contributed by atoms with Gasteiger partial charge in [-0.2, -0.15) is 0 Å². The van der Waals surface area contributed by atoms with Gasteiger partial charge in [0.25, 0.3) is 0 Å². The lowest BCUT2D eigenvalue weighted by atomic mass is 9.96. The molecule has 1 aromatic rings. The van der Waals surface area contributed by atoms with Crippen molar-refractivity contribution in [1.29, 1.82) is 0 Å². The maximum absolute atomic E-state index is 12.4. The Morgan fingerprint density at radius 2 is 1.78 bits per heavy atom. The van der Waals surface area contributed by atoms with Crippen LogP contribution in [0.15, 0.2) is 18.2 Å². The van der Waals surface area contributed by atoms with E-state index in [1.165, 1.54) is 44.9 Å². The minimum Gasteiger partial charge on any atom is -0.454 e. The molecule has 126 valence electrons. The van der Waals surface area contributed by atoms with Gasteiger partial charge in [0.1, 0.15) is 0 Å². The number of ether oxygens (including phenoxy) is 2. The van der Waals surface area contributed by atoms with Crippen LogP contribution in [-0.4, -0.2) is 24.8 Å². The largest absolute Gasteiger partial charge is 0.454 e. The predicted octanol–water partition coefficient (Wildman–Crippen LogP) is 3.44. The highest BCUT2D eigenvalue weighted by molar-refractivity contribution is 5.94. The number of rotatable bonds is 4. The number of hydrogen-bond acceptors (Lipinski definition) is 4. The first-order valence-electron chi connectivity index (χ1n) is 8.69. The van der Waals surface area contributed by atoms with Crippen LogP contribution >= 0.6 is 0 Å². The van der Waals surface area contributed by atoms with Crippen LogP contribution in [0.5, 0.6) is 11.5 Å². The Kier molecular flexibility index (Phi) is 5.39. The molecule has 3 rings (SSSR count). The molecule has 2 aliphatic rings. The number of benzene rings is 1. The maximum atomic E-state index is 12.4. The lowest BCUT2D eigenvalue weighted by molar-refractivity contribution is -0.118. The monoisotopic (exact) mass is 318 g/mol. The fourth-order valence-corrected chi connectivity index (χ4v) is 3.28. The molecular weight excluding hydrogens is 292 g/mol. The Hall–Kier alpha value is -1.75. The van der Waals surface area contributed by atoms with Crippen molar-refractivity contribution >= 4 is 11.6 Å². The van der Waals surface area contributed by atoms with Gasteiger partial charge in [-0.15, -0.1) is 0 Å². The zero-order chi connectivity index (χ0) is 16.1. The Balaban J connectivity index is 1.52. The summed E-state index contributed by atoms with van der Waals surface area (Å²) in [4.78, 5) is 12.4. The smallest absolute Gasteiger partial charge is 0.241 e. The predicted molar refractivity (Wildman–Crippen MR) is 89.9 cm³/mol. The van der Waals surface area contributed by atoms with Gasteiger partial charge in [-0.05, 0) is 31.9 Å². The van der Waals surface area contributed by atoms with E-state index in [9.17, 15) is 4.79 Å². The lowest BCUT2D eigenvalue weighted by Gasteiger charge is -2.24. The van der Waals surface area contributed by atoms with E-state index in [4.69, 9.17) is 9.47 Å². The van der Waals surface area contributed by atoms with Crippen LogP contribution < -0.4 is 20.1 Å². The minimum absolute atomic E-state index is 0.00840. The Labute approximate surface area is 137 Å². The summed E-state index contributed by atoms with van der Waals surface area (Å²) in [5.41, 5.74) is 0.741. The third-order valence-corrected chi connectivity index (χ3v) is 4.62. The fourth-order valence-electron chi connectivity index (χ4n) is 3.28. The molecule has 0 bridgehead atoms. The van der Waals surface area contributed by atoms with E-state index in [1.807, 2.05) is 25.1 Å². The van der Waals surface area contributed by atoms with E-state index in [0.717, 1.165) is 11.4 Å². The molecule has 23 heavy (non-hydrogen) atoms. The van der Waals surface area contributed by atoms with Crippen molar-refractivity contribution in [2.45, 2.75) is 64.0 Å². The van der Waals surface area contributed by atoms with Gasteiger partial charge in [-0.25, -0.2) is 0 Å². The van der Waals surface area contributed by atoms with E-state index < -0.39 is 0 Å². The molecule has 1 aliphatic heterocycles. The summed E-state index contributed by atoms with van der Waals surface area (Å²) < 4.78 is 10.6. The minimum atomic E-state index is -0.204. The van der Waals surface area contributed by atoms with Crippen molar-refractivity contribution in [2.24, 2.45) is 0 Å². The number of carbonyl (C=O) groups is 1. The molecule has 5 heteroatoms. The third kappa shape index (κ3) is 4.38. The molecule has 5 nitrogen and oxygen atoms in total. The summed E-state index contributed by atoms with van der Waals surface area (Å²) in [6.07, 6.45) is 8.84. The van der Waals surface area contributed by atoms with Gasteiger partial charge in [-0.1, -0.05) is 32.1 Å². The first-order chi connectivity index (χ1) is 11.2. The van der Waals surface area contributed by atoms with E-state index in [-0.39, 0.29) is 18.7 Å². The molecule has 1 fully saturated rings. The van der Waals surface area contributed by atoms with Gasteiger partial charge in [-0.3, -0.25) is 4.79 Å². The zero-order valence-corrected chi connectivity index (χ0v) is 13.8. The van der Waals surface area contributed by atoms with E-state index in [2.05, 4.69) is 10.6 Å². The summed E-state index contributed by atoms with van der Waals surface area (Å²) >= 11 is 0. The van der Waals surface area contributed by atoms with Gasteiger partial charge < -0.3 is 20.1 Å². The number of anilines is 1. The topological polar surface area (TPSA) is 59.6 Å². The molecule has 1 atom stereocenters. The summed E-state index contributed by atoms with van der Waals surface area (Å²) in [5.74, 6) is 1.40. The van der Waals surface area contributed by atoms with Gasteiger partial charge >= 0.3 is 0 Å². The third-order valence-electron chi connectivity index (χ3n) is 4.62. The quantitative estimate of drug-likeness (QED) is 0.893. The molecule has 1 amide bonds. The van der Waals surface area contributed by atoms with Crippen molar-refractivity contribution in [2.75, 3.05) is 12.1 Å². The van der Waals surface area contributed by atoms with Crippen LogP contribution in [0, 0.1) is 0 Å². The molecule has 1 saturated carbocycles. The van der Waals surface area contributed by atoms with Crippen LogP contribution in [-0.2, 0) is 4.79 Å². The van der Waals surface area contributed by atoms with E-state index >= 15 is 0 Å². The SMILES string of the molecule is C[C@H](NC1CCCCCCC1)C(=O)Nc1ccc2c(c1)OCO2. The molecule has 0 aromatic heterocycles. The summed E-state index contributed by atoms with van der Waals surface area (Å²) in [6, 6.07) is 5.72. The molecule has 1 heterocycles. The Bertz CT molecular complexity index is 539. The van der Waals surface area contributed by atoms with Crippen molar-refractivity contribution in [1.82, 2.24) is 5.32 Å². The molecule has 1 aliphatic carbocycles. The van der Waals surface area contributed by atoms with Crippen molar-refractivity contribution in [3.8, 4) is 11.5 Å². The average Bonchev–Trinajstić information content (AvgIpc) is 2.97. The summed E-state index contributed by atoms with van der Waals surface area (Å²) in [5, 5.41) is 6.44. The van der Waals surface area contributed by atoms with Crippen LogP contribution in [0.2, 0.25) is 0 Å². The number of carbonyl (C=O) groups excluding carboxylic acids is 1. The molecular formula is C18H26N2O3. The second kappa shape index (κ2) is 7.68. The molecule has 0 saturated heterocycles. The van der Waals surface area contributed by atoms with Crippen LogP contribution in [0.25, 0.3) is 0 Å². The molecule has 1 aromatic carbocycles. The summed E-state index contributed by atoms with van der Waals surface area (Å²) in [6.45, 7) is 2.17. The number of fused-ring (bicyclic) bond motifs is 1. The molecule has 0 unspecified atom stereocenters. The van der Waals surface area contributed by atoms with E-state index in [0.29, 0.717) is 11.8 Å². The van der Waals surface area contributed by atoms with Gasteiger partial charge in [0, 0.05) is 17.8 Å². The second-order valence-electron chi connectivity index (χ2n) is 6.49. The second-order valence-corrected chi connectivity index (χ2v) is 6.49. The number of nitrogens with one attached hydrogen (secondary N) is 2. The van der Waals surface area contributed by atoms with Crippen molar-refractivity contribution < 1.29 is 14.3 Å². The summed E-state index contributed by atoms with van der Waals surface area (Å²) in [7, 11) is 0. The van der Waals surface area contributed by atoms with Gasteiger partial charge in [0.15, 0.2) is 11.5 Å². The highest BCUT2D eigenvalue weighted by Crippen LogP contribution is 2.34. The van der Waals surface area contributed by atoms with Crippen LogP contribution in [0.1, 0.15) is 51.9 Å². The first kappa shape index (κ1) is 16.1. The highest BCUT2D eigenvalue weighted by Gasteiger charge is 2.20. The number of hydrogen-bond donors (Lipinski definition) is 2. The molecule has 0 spiro atoms. The van der Waals surface area contributed by atoms with Crippen molar-refractivity contribution in [3.05, 3.63) is 18.2 Å². The Morgan fingerprint density at radius 1 is 1.09 bits per heavy atom. The zero-order valence-electron chi connectivity index (χ0n) is 13.8. The Morgan fingerprint density at radius 3 is 2.57 bits per heavy atom. The first-order valence-corrected chi connectivity index (χ1v) is 8.69. The molecule has 0 radical (unpaired) electrons. The average molecular weight is 318 g/mol. The van der Waals surface area contributed by atoms with Gasteiger partial charge in [0.2, 0.25) is 12.7 Å². The molecule has 2 N–H and O–H groups in total. The lowest BCUT2D eigenvalue weighted by Crippen LogP contribution is -2.44.